The van der Waals surface area contributed by atoms with Crippen molar-refractivity contribution in [2.24, 2.45) is 0 Å². The number of fused-ring (bicyclic) bond motifs is 2. The van der Waals surface area contributed by atoms with Gasteiger partial charge in [-0.2, -0.15) is 0 Å². The van der Waals surface area contributed by atoms with Crippen molar-refractivity contribution in [2.75, 3.05) is 21.3 Å². The highest BCUT2D eigenvalue weighted by Gasteiger charge is 2.15. The van der Waals surface area contributed by atoms with Crippen LogP contribution in [0.3, 0.4) is 0 Å². The van der Waals surface area contributed by atoms with E-state index in [4.69, 9.17) is 14.2 Å². The number of hydrogen-bond acceptors (Lipinski definition) is 5. The Balaban J connectivity index is 1.64. The summed E-state index contributed by atoms with van der Waals surface area (Å²) in [7, 11) is 4.67. The molecule has 0 radical (unpaired) electrons. The molecule has 0 aliphatic rings. The number of benzene rings is 3. The third-order valence-electron chi connectivity index (χ3n) is 5.44. The van der Waals surface area contributed by atoms with Crippen molar-refractivity contribution >= 4 is 27.7 Å². The molecular weight excluding hydrogens is 408 g/mol. The Morgan fingerprint density at radius 1 is 0.812 bits per heavy atom. The molecule has 1 aromatic heterocycles. The first kappa shape index (κ1) is 21.2. The molecule has 4 aromatic rings. The van der Waals surface area contributed by atoms with Crippen LogP contribution < -0.4 is 25.0 Å². The monoisotopic (exact) mass is 432 g/mol. The minimum Gasteiger partial charge on any atom is -0.496 e. The van der Waals surface area contributed by atoms with Crippen molar-refractivity contribution in [3.8, 4) is 17.2 Å². The van der Waals surface area contributed by atoms with Crippen molar-refractivity contribution in [1.29, 1.82) is 0 Å². The molecule has 0 fully saturated rings. The Morgan fingerprint density at radius 3 is 1.91 bits per heavy atom. The summed E-state index contributed by atoms with van der Waals surface area (Å²) >= 11 is 0. The van der Waals surface area contributed by atoms with Crippen molar-refractivity contribution in [3.05, 3.63) is 76.5 Å². The highest BCUT2D eigenvalue weighted by Crippen LogP contribution is 2.34. The zero-order valence-corrected chi connectivity index (χ0v) is 18.2. The van der Waals surface area contributed by atoms with Crippen molar-refractivity contribution in [2.45, 2.75) is 13.1 Å². The van der Waals surface area contributed by atoms with Crippen molar-refractivity contribution < 1.29 is 19.0 Å². The van der Waals surface area contributed by atoms with Crippen LogP contribution in [0.5, 0.6) is 17.2 Å². The van der Waals surface area contributed by atoms with Crippen LogP contribution in [0.4, 0.5) is 0 Å². The van der Waals surface area contributed by atoms with Gasteiger partial charge in [0, 0.05) is 28.9 Å². The Labute approximate surface area is 185 Å². The van der Waals surface area contributed by atoms with Gasteiger partial charge in [0.1, 0.15) is 12.3 Å². The number of rotatable bonds is 7. The summed E-state index contributed by atoms with van der Waals surface area (Å²) in [5.74, 6) is 1.49. The van der Waals surface area contributed by atoms with Crippen LogP contribution in [-0.2, 0) is 17.9 Å². The molecule has 0 aliphatic carbocycles. The second-order valence-corrected chi connectivity index (χ2v) is 7.25. The Kier molecular flexibility index (Phi) is 5.98. The normalized spacial score (nSPS) is 10.8. The van der Waals surface area contributed by atoms with E-state index in [9.17, 15) is 9.59 Å². The number of nitrogens with zero attached hydrogens (tertiary/aromatic N) is 1. The van der Waals surface area contributed by atoms with Crippen LogP contribution in [0, 0.1) is 0 Å². The molecule has 0 saturated carbocycles. The average molecular weight is 432 g/mol. The van der Waals surface area contributed by atoms with Gasteiger partial charge in [-0.3, -0.25) is 9.59 Å². The fourth-order valence-corrected chi connectivity index (χ4v) is 3.87. The third kappa shape index (κ3) is 3.85. The van der Waals surface area contributed by atoms with Crippen LogP contribution in [0.2, 0.25) is 0 Å². The number of aromatic nitrogens is 1. The molecule has 4 rings (SSSR count). The maximum atomic E-state index is 12.9. The molecule has 0 aliphatic heterocycles. The average Bonchev–Trinajstić information content (AvgIpc) is 2.84. The number of ether oxygens (including phenoxy) is 3. The number of amides is 1. The number of methoxy groups -OCH3 is 3. The van der Waals surface area contributed by atoms with Gasteiger partial charge in [-0.05, 0) is 30.3 Å². The summed E-state index contributed by atoms with van der Waals surface area (Å²) in [6.45, 7) is 0.315. The standard InChI is InChI=1S/C25H24N2O5/c1-30-21-13-23(32-3)22(31-2)12-16(21)14-26-24(28)15-27-19-10-6-4-8-17(19)25(29)18-9-5-7-11-20(18)27/h4-13H,14-15H2,1-3H3,(H,26,28). The number of nitrogens with one attached hydrogen (secondary N) is 1. The summed E-state index contributed by atoms with van der Waals surface area (Å²) in [4.78, 5) is 25.8. The van der Waals surface area contributed by atoms with Crippen LogP contribution >= 0.6 is 0 Å². The van der Waals surface area contributed by atoms with Gasteiger partial charge < -0.3 is 24.1 Å². The van der Waals surface area contributed by atoms with Gasteiger partial charge in [-0.25, -0.2) is 0 Å². The molecule has 0 spiro atoms. The maximum Gasteiger partial charge on any atom is 0.240 e. The van der Waals surface area contributed by atoms with Gasteiger partial charge in [0.15, 0.2) is 16.9 Å². The Hall–Kier alpha value is -4.00. The van der Waals surface area contributed by atoms with Crippen LogP contribution in [0.1, 0.15) is 5.56 Å². The van der Waals surface area contributed by atoms with Gasteiger partial charge in [-0.1, -0.05) is 24.3 Å². The number of carbonyl (C=O) groups is 1. The second-order valence-electron chi connectivity index (χ2n) is 7.25. The summed E-state index contributed by atoms with van der Waals surface area (Å²) in [6.07, 6.45) is 0. The predicted molar refractivity (Wildman–Crippen MR) is 124 cm³/mol. The first-order valence-corrected chi connectivity index (χ1v) is 10.1. The highest BCUT2D eigenvalue weighted by molar-refractivity contribution is 5.94. The van der Waals surface area contributed by atoms with Gasteiger partial charge in [0.05, 0.1) is 32.4 Å². The minimum atomic E-state index is -0.194. The molecule has 1 amide bonds. The van der Waals surface area contributed by atoms with Gasteiger partial charge in [0.2, 0.25) is 5.91 Å². The second kappa shape index (κ2) is 9.01. The quantitative estimate of drug-likeness (QED) is 0.452. The smallest absolute Gasteiger partial charge is 0.240 e. The summed E-state index contributed by atoms with van der Waals surface area (Å²) in [5, 5.41) is 4.11. The lowest BCUT2D eigenvalue weighted by molar-refractivity contribution is -0.121. The first-order chi connectivity index (χ1) is 15.6. The first-order valence-electron chi connectivity index (χ1n) is 10.1. The summed E-state index contributed by atoms with van der Waals surface area (Å²) in [6, 6.07) is 18.2. The molecule has 7 nitrogen and oxygen atoms in total. The van der Waals surface area contributed by atoms with E-state index in [0.717, 1.165) is 16.6 Å². The van der Waals surface area contributed by atoms with Gasteiger partial charge in [-0.15, -0.1) is 0 Å². The van der Waals surface area contributed by atoms with E-state index in [1.807, 2.05) is 41.0 Å². The molecule has 7 heteroatoms. The van der Waals surface area contributed by atoms with E-state index < -0.39 is 0 Å². The predicted octanol–water partition coefficient (Wildman–Crippen LogP) is 3.50. The van der Waals surface area contributed by atoms with E-state index in [1.165, 1.54) is 0 Å². The lowest BCUT2D eigenvalue weighted by atomic mass is 10.1. The molecule has 32 heavy (non-hydrogen) atoms. The molecule has 0 atom stereocenters. The SMILES string of the molecule is COc1cc(OC)c(OC)cc1CNC(=O)Cn1c2ccccc2c(=O)c2ccccc21. The maximum absolute atomic E-state index is 12.9. The molecule has 0 saturated heterocycles. The number of pyridine rings is 1. The Bertz CT molecular complexity index is 1300. The molecule has 3 aromatic carbocycles. The zero-order valence-electron chi connectivity index (χ0n) is 18.2. The molecule has 164 valence electrons. The van der Waals surface area contributed by atoms with Crippen molar-refractivity contribution in [3.63, 3.8) is 0 Å². The minimum absolute atomic E-state index is 0.0390. The van der Waals surface area contributed by atoms with Gasteiger partial charge >= 0.3 is 0 Å². The number of para-hydroxylation sites is 2. The Morgan fingerprint density at radius 2 is 1.34 bits per heavy atom. The summed E-state index contributed by atoms with van der Waals surface area (Å²) in [5.41, 5.74) is 2.15. The van der Waals surface area contributed by atoms with E-state index in [1.54, 1.807) is 45.6 Å². The van der Waals surface area contributed by atoms with E-state index >= 15 is 0 Å². The van der Waals surface area contributed by atoms with E-state index in [-0.39, 0.29) is 24.4 Å². The topological polar surface area (TPSA) is 78.8 Å². The molecular formula is C25H24N2O5. The number of carbonyl (C=O) groups excluding carboxylic acids is 1. The lowest BCUT2D eigenvalue weighted by Gasteiger charge is -2.16. The fraction of sp³-hybridized carbons (Fsp3) is 0.200. The van der Waals surface area contributed by atoms with Gasteiger partial charge in [0.25, 0.3) is 0 Å². The summed E-state index contributed by atoms with van der Waals surface area (Å²) < 4.78 is 18.0. The molecule has 0 bridgehead atoms. The van der Waals surface area contributed by atoms with Crippen molar-refractivity contribution in [1.82, 2.24) is 9.88 Å². The van der Waals surface area contributed by atoms with E-state index in [2.05, 4.69) is 5.32 Å². The lowest BCUT2D eigenvalue weighted by Crippen LogP contribution is -2.28. The molecule has 1 heterocycles. The van der Waals surface area contributed by atoms with Crippen LogP contribution in [0.25, 0.3) is 21.8 Å². The number of hydrogen-bond donors (Lipinski definition) is 1. The molecule has 1 N–H and O–H groups in total. The largest absolute Gasteiger partial charge is 0.496 e. The fourth-order valence-electron chi connectivity index (χ4n) is 3.87. The van der Waals surface area contributed by atoms with Crippen LogP contribution in [0.15, 0.2) is 65.5 Å². The van der Waals surface area contributed by atoms with E-state index in [0.29, 0.717) is 28.0 Å². The zero-order chi connectivity index (χ0) is 22.7. The third-order valence-corrected chi connectivity index (χ3v) is 5.44. The molecule has 0 unspecified atom stereocenters. The van der Waals surface area contributed by atoms with Crippen LogP contribution in [-0.4, -0.2) is 31.8 Å². The highest BCUT2D eigenvalue weighted by atomic mass is 16.5.